The third-order valence-electron chi connectivity index (χ3n) is 3.49. The molecule has 0 heterocycles. The smallest absolute Gasteiger partial charge is 0.134 e. The van der Waals surface area contributed by atoms with Gasteiger partial charge in [-0.05, 0) is 50.3 Å². The van der Waals surface area contributed by atoms with Crippen LogP contribution in [0.5, 0.6) is 11.5 Å². The summed E-state index contributed by atoms with van der Waals surface area (Å²) >= 11 is 0. The lowest BCUT2D eigenvalue weighted by molar-refractivity contribution is 0.400. The first-order valence-electron chi connectivity index (χ1n) is 7.52. The van der Waals surface area contributed by atoms with Gasteiger partial charge in [0.2, 0.25) is 0 Å². The fourth-order valence-corrected chi connectivity index (χ4v) is 2.35. The summed E-state index contributed by atoms with van der Waals surface area (Å²) in [5, 5.41) is 0. The van der Waals surface area contributed by atoms with E-state index in [4.69, 9.17) is 14.2 Å². The van der Waals surface area contributed by atoms with Crippen LogP contribution in [-0.2, 0) is 4.74 Å². The molecule has 0 aliphatic carbocycles. The van der Waals surface area contributed by atoms with Crippen molar-refractivity contribution >= 4 is 11.5 Å². The van der Waals surface area contributed by atoms with E-state index in [1.54, 1.807) is 14.2 Å². The van der Waals surface area contributed by atoms with E-state index in [-0.39, 0.29) is 0 Å². The van der Waals surface area contributed by atoms with Crippen LogP contribution in [0.25, 0.3) is 11.5 Å². The molecular weight excluding hydrogens is 288 g/mol. The highest BCUT2D eigenvalue weighted by atomic mass is 16.5. The zero-order valence-corrected chi connectivity index (χ0v) is 14.0. The van der Waals surface area contributed by atoms with E-state index in [1.165, 1.54) is 0 Å². The number of methoxy groups -OCH3 is 2. The van der Waals surface area contributed by atoms with Crippen LogP contribution in [0.4, 0.5) is 0 Å². The minimum absolute atomic E-state index is 0.737. The first-order chi connectivity index (χ1) is 11.2. The van der Waals surface area contributed by atoms with Crippen molar-refractivity contribution in [2.24, 2.45) is 0 Å². The molecule has 0 aliphatic rings. The molecule has 0 spiro atoms. The number of benzene rings is 2. The average molecular weight is 310 g/mol. The van der Waals surface area contributed by atoms with Crippen molar-refractivity contribution in [3.63, 3.8) is 0 Å². The molecule has 0 aromatic heterocycles. The van der Waals surface area contributed by atoms with E-state index in [0.717, 1.165) is 34.1 Å². The third kappa shape index (κ3) is 3.75. The van der Waals surface area contributed by atoms with Crippen molar-refractivity contribution in [1.29, 1.82) is 0 Å². The molecule has 2 rings (SSSR count). The van der Waals surface area contributed by atoms with E-state index < -0.39 is 0 Å². The van der Waals surface area contributed by atoms with Gasteiger partial charge in [-0.3, -0.25) is 0 Å². The number of allylic oxidation sites excluding steroid dienone is 2. The maximum atomic E-state index is 6.17. The van der Waals surface area contributed by atoms with Crippen LogP contribution >= 0.6 is 0 Å². The Kier molecular flexibility index (Phi) is 5.87. The van der Waals surface area contributed by atoms with Crippen molar-refractivity contribution in [2.75, 3.05) is 14.2 Å². The maximum Gasteiger partial charge on any atom is 0.134 e. The van der Waals surface area contributed by atoms with Gasteiger partial charge in [0.05, 0.1) is 25.3 Å². The minimum Gasteiger partial charge on any atom is -0.496 e. The summed E-state index contributed by atoms with van der Waals surface area (Å²) in [7, 11) is 3.31. The number of ether oxygens (including phenoxy) is 3. The van der Waals surface area contributed by atoms with Gasteiger partial charge in [-0.2, -0.15) is 0 Å². The van der Waals surface area contributed by atoms with E-state index >= 15 is 0 Å². The second kappa shape index (κ2) is 8.08. The van der Waals surface area contributed by atoms with Gasteiger partial charge in [-0.25, -0.2) is 0 Å². The van der Waals surface area contributed by atoms with Gasteiger partial charge in [-0.15, -0.1) is 0 Å². The first-order valence-corrected chi connectivity index (χ1v) is 7.52. The van der Waals surface area contributed by atoms with Gasteiger partial charge < -0.3 is 14.2 Å². The summed E-state index contributed by atoms with van der Waals surface area (Å²) in [5.74, 6) is 3.02. The van der Waals surface area contributed by atoms with Crippen molar-refractivity contribution in [1.82, 2.24) is 0 Å². The molecule has 0 fully saturated rings. The lowest BCUT2D eigenvalue weighted by Crippen LogP contribution is -1.98. The summed E-state index contributed by atoms with van der Waals surface area (Å²) in [4.78, 5) is 0. The molecule has 0 atom stereocenters. The molecule has 2 aromatic carbocycles. The lowest BCUT2D eigenvalue weighted by Gasteiger charge is -2.17. The van der Waals surface area contributed by atoms with Crippen LogP contribution in [0.3, 0.4) is 0 Å². The molecule has 0 unspecified atom stereocenters. The molecule has 2 aromatic rings. The highest BCUT2D eigenvalue weighted by Gasteiger charge is 2.14. The Balaban J connectivity index is 2.37. The number of hydrogen-bond acceptors (Lipinski definition) is 3. The van der Waals surface area contributed by atoms with Crippen LogP contribution in [0.2, 0.25) is 0 Å². The number of para-hydroxylation sites is 2. The standard InChI is InChI=1S/C20H22O3/c1-5-17(15-11-7-9-13-19(15)21-3)23-18(6-2)16-12-8-10-14-20(16)22-4/h5-14H,1-4H3. The van der Waals surface area contributed by atoms with Crippen LogP contribution in [0.1, 0.15) is 25.0 Å². The predicted molar refractivity (Wildman–Crippen MR) is 94.4 cm³/mol. The summed E-state index contributed by atoms with van der Waals surface area (Å²) in [6.07, 6.45) is 3.85. The predicted octanol–water partition coefficient (Wildman–Crippen LogP) is 5.14. The quantitative estimate of drug-likeness (QED) is 0.691. The topological polar surface area (TPSA) is 27.7 Å². The second-order valence-electron chi connectivity index (χ2n) is 4.81. The zero-order chi connectivity index (χ0) is 16.7. The van der Waals surface area contributed by atoms with Gasteiger partial charge in [0.15, 0.2) is 0 Å². The highest BCUT2D eigenvalue weighted by Crippen LogP contribution is 2.33. The fraction of sp³-hybridized carbons (Fsp3) is 0.200. The molecule has 0 saturated heterocycles. The lowest BCUT2D eigenvalue weighted by atomic mass is 10.1. The van der Waals surface area contributed by atoms with Gasteiger partial charge in [0, 0.05) is 0 Å². The summed E-state index contributed by atoms with van der Waals surface area (Å²) in [6.45, 7) is 3.88. The maximum absolute atomic E-state index is 6.17. The third-order valence-corrected chi connectivity index (χ3v) is 3.49. The molecule has 0 aliphatic heterocycles. The van der Waals surface area contributed by atoms with E-state index in [2.05, 4.69) is 0 Å². The zero-order valence-electron chi connectivity index (χ0n) is 14.0. The van der Waals surface area contributed by atoms with Crippen molar-refractivity contribution in [2.45, 2.75) is 13.8 Å². The summed E-state index contributed by atoms with van der Waals surface area (Å²) in [5.41, 5.74) is 1.82. The average Bonchev–Trinajstić information content (AvgIpc) is 2.63. The van der Waals surface area contributed by atoms with Crippen molar-refractivity contribution < 1.29 is 14.2 Å². The molecule has 0 N–H and O–H groups in total. The number of rotatable bonds is 6. The molecular formula is C20H22O3. The van der Waals surface area contributed by atoms with Gasteiger partial charge in [0.25, 0.3) is 0 Å². The number of hydrogen-bond donors (Lipinski definition) is 0. The Bertz CT molecular complexity index is 653. The Morgan fingerprint density at radius 1 is 0.696 bits per heavy atom. The van der Waals surface area contributed by atoms with E-state index in [9.17, 15) is 0 Å². The molecule has 0 amide bonds. The summed E-state index contributed by atoms with van der Waals surface area (Å²) < 4.78 is 17.0. The molecule has 3 nitrogen and oxygen atoms in total. The monoisotopic (exact) mass is 310 g/mol. The van der Waals surface area contributed by atoms with Gasteiger partial charge >= 0.3 is 0 Å². The Morgan fingerprint density at radius 3 is 1.43 bits per heavy atom. The van der Waals surface area contributed by atoms with Crippen LogP contribution < -0.4 is 9.47 Å². The van der Waals surface area contributed by atoms with Crippen LogP contribution in [0, 0.1) is 0 Å². The molecule has 23 heavy (non-hydrogen) atoms. The largest absolute Gasteiger partial charge is 0.496 e. The minimum atomic E-state index is 0.737. The molecule has 3 heteroatoms. The van der Waals surface area contributed by atoms with Crippen molar-refractivity contribution in [3.8, 4) is 11.5 Å². The van der Waals surface area contributed by atoms with Crippen LogP contribution in [0.15, 0.2) is 60.7 Å². The molecule has 0 saturated carbocycles. The first kappa shape index (κ1) is 16.7. The Morgan fingerprint density at radius 2 is 1.09 bits per heavy atom. The molecule has 0 radical (unpaired) electrons. The van der Waals surface area contributed by atoms with Gasteiger partial charge in [0.1, 0.15) is 23.0 Å². The normalized spacial score (nSPS) is 12.0. The van der Waals surface area contributed by atoms with E-state index in [0.29, 0.717) is 0 Å². The fourth-order valence-electron chi connectivity index (χ4n) is 2.35. The highest BCUT2D eigenvalue weighted by molar-refractivity contribution is 5.74. The van der Waals surface area contributed by atoms with Gasteiger partial charge in [-0.1, -0.05) is 24.3 Å². The molecule has 120 valence electrons. The van der Waals surface area contributed by atoms with Crippen LogP contribution in [-0.4, -0.2) is 14.2 Å². The Hall–Kier alpha value is -2.68. The molecule has 0 bridgehead atoms. The Labute approximate surface area is 137 Å². The SMILES string of the molecule is CC=C(OC(=CC)c1ccccc1OC)c1ccccc1OC. The van der Waals surface area contributed by atoms with Crippen molar-refractivity contribution in [3.05, 3.63) is 71.8 Å². The second-order valence-corrected chi connectivity index (χ2v) is 4.81. The van der Waals surface area contributed by atoms with E-state index in [1.807, 2.05) is 74.5 Å². The summed E-state index contributed by atoms with van der Waals surface area (Å²) in [6, 6.07) is 15.6.